The molecule has 4 nitrogen and oxygen atoms in total. The molecular weight excluding hydrogens is 286 g/mol. The Balaban J connectivity index is 1.98. The average molecular weight is 301 g/mol. The summed E-state index contributed by atoms with van der Waals surface area (Å²) in [5, 5.41) is 12.7. The summed E-state index contributed by atoms with van der Waals surface area (Å²) in [6.45, 7) is 0. The number of para-hydroxylation sites is 1. The number of amides is 1. The summed E-state index contributed by atoms with van der Waals surface area (Å²) in [4.78, 5) is 13.0. The van der Waals surface area contributed by atoms with E-state index in [4.69, 9.17) is 4.74 Å². The molecule has 3 rings (SSSR count). The Morgan fingerprint density at radius 3 is 2.57 bits per heavy atom. The van der Waals surface area contributed by atoms with E-state index in [1.165, 1.54) is 11.8 Å². The van der Waals surface area contributed by atoms with Crippen LogP contribution in [0.15, 0.2) is 53.4 Å². The molecule has 1 aliphatic heterocycles. The van der Waals surface area contributed by atoms with Crippen LogP contribution in [0.5, 0.6) is 5.75 Å². The van der Waals surface area contributed by atoms with Gasteiger partial charge in [-0.3, -0.25) is 4.79 Å². The monoisotopic (exact) mass is 301 g/mol. The summed E-state index contributed by atoms with van der Waals surface area (Å²) in [6.07, 6.45) is -1.10. The molecule has 108 valence electrons. The quantitative estimate of drug-likeness (QED) is 0.895. The summed E-state index contributed by atoms with van der Waals surface area (Å²) < 4.78 is 5.14. The maximum Gasteiger partial charge on any atom is 0.254 e. The number of fused-ring (bicyclic) bond motifs is 1. The second-order valence-corrected chi connectivity index (χ2v) is 5.93. The predicted molar refractivity (Wildman–Crippen MR) is 82.7 cm³/mol. The Hall–Kier alpha value is -1.98. The zero-order valence-electron chi connectivity index (χ0n) is 11.4. The fourth-order valence-corrected chi connectivity index (χ4v) is 3.48. The van der Waals surface area contributed by atoms with E-state index in [1.54, 1.807) is 7.11 Å². The molecule has 5 heteroatoms. The molecule has 0 saturated heterocycles. The number of aliphatic hydroxyl groups is 1. The Morgan fingerprint density at radius 2 is 1.86 bits per heavy atom. The molecule has 0 aliphatic carbocycles. The topological polar surface area (TPSA) is 58.6 Å². The molecular formula is C16H15NO3S. The van der Waals surface area contributed by atoms with Gasteiger partial charge in [-0.2, -0.15) is 0 Å². The third-order valence-corrected chi connectivity index (χ3v) is 4.79. The lowest BCUT2D eigenvalue weighted by atomic mass is 10.1. The van der Waals surface area contributed by atoms with Gasteiger partial charge in [0.25, 0.3) is 5.91 Å². The molecule has 2 aromatic rings. The Bertz CT molecular complexity index is 657. The highest BCUT2D eigenvalue weighted by atomic mass is 32.2. The first-order valence-electron chi connectivity index (χ1n) is 6.57. The van der Waals surface area contributed by atoms with Gasteiger partial charge in [-0.15, -0.1) is 11.8 Å². The van der Waals surface area contributed by atoms with Crippen LogP contribution in [0.4, 0.5) is 5.69 Å². The normalized spacial score (nSPS) is 21.1. The van der Waals surface area contributed by atoms with E-state index >= 15 is 0 Å². The Morgan fingerprint density at radius 1 is 1.14 bits per heavy atom. The van der Waals surface area contributed by atoms with E-state index in [2.05, 4.69) is 5.32 Å². The molecule has 21 heavy (non-hydrogen) atoms. The Labute approximate surface area is 127 Å². The summed E-state index contributed by atoms with van der Waals surface area (Å²) in [5.74, 6) is 0.366. The van der Waals surface area contributed by atoms with Crippen LogP contribution in [-0.4, -0.2) is 24.2 Å². The Kier molecular flexibility index (Phi) is 3.86. The summed E-state index contributed by atoms with van der Waals surface area (Å²) in [5.41, 5.74) is 1.63. The van der Waals surface area contributed by atoms with Crippen molar-refractivity contribution in [3.8, 4) is 5.75 Å². The highest BCUT2D eigenvalue weighted by Crippen LogP contribution is 2.43. The van der Waals surface area contributed by atoms with Crippen molar-refractivity contribution in [2.45, 2.75) is 16.2 Å². The van der Waals surface area contributed by atoms with Gasteiger partial charge in [0.1, 0.15) is 11.9 Å². The van der Waals surface area contributed by atoms with Crippen molar-refractivity contribution >= 4 is 23.4 Å². The minimum absolute atomic E-state index is 0.348. The van der Waals surface area contributed by atoms with Crippen LogP contribution < -0.4 is 10.1 Å². The van der Waals surface area contributed by atoms with Crippen LogP contribution in [0.2, 0.25) is 0 Å². The summed E-state index contributed by atoms with van der Waals surface area (Å²) in [7, 11) is 1.61. The smallest absolute Gasteiger partial charge is 0.254 e. The van der Waals surface area contributed by atoms with Crippen molar-refractivity contribution in [2.75, 3.05) is 12.4 Å². The highest BCUT2D eigenvalue weighted by molar-refractivity contribution is 7.99. The number of carbonyl (C=O) groups excluding carboxylic acids is 1. The molecule has 1 heterocycles. The second-order valence-electron chi connectivity index (χ2n) is 4.74. The van der Waals surface area contributed by atoms with Gasteiger partial charge in [0.2, 0.25) is 0 Å². The van der Waals surface area contributed by atoms with Gasteiger partial charge in [0, 0.05) is 4.90 Å². The fraction of sp³-hybridized carbons (Fsp3) is 0.188. The van der Waals surface area contributed by atoms with Gasteiger partial charge in [0.05, 0.1) is 18.0 Å². The van der Waals surface area contributed by atoms with Crippen LogP contribution in [0.25, 0.3) is 0 Å². The van der Waals surface area contributed by atoms with E-state index < -0.39 is 6.10 Å². The van der Waals surface area contributed by atoms with Gasteiger partial charge in [-0.05, 0) is 29.8 Å². The van der Waals surface area contributed by atoms with Crippen LogP contribution in [0, 0.1) is 0 Å². The molecule has 0 spiro atoms. The highest BCUT2D eigenvalue weighted by Gasteiger charge is 2.32. The van der Waals surface area contributed by atoms with Gasteiger partial charge in [0.15, 0.2) is 0 Å². The van der Waals surface area contributed by atoms with Gasteiger partial charge < -0.3 is 15.2 Å². The van der Waals surface area contributed by atoms with Crippen molar-refractivity contribution in [3.05, 3.63) is 54.1 Å². The van der Waals surface area contributed by atoms with Crippen LogP contribution in [0.3, 0.4) is 0 Å². The van der Waals surface area contributed by atoms with E-state index in [0.29, 0.717) is 0 Å². The molecule has 0 bridgehead atoms. The molecule has 2 N–H and O–H groups in total. The summed E-state index contributed by atoms with van der Waals surface area (Å²) in [6, 6.07) is 15.0. The zero-order chi connectivity index (χ0) is 14.8. The lowest BCUT2D eigenvalue weighted by Crippen LogP contribution is -2.30. The minimum atomic E-state index is -1.10. The third-order valence-electron chi connectivity index (χ3n) is 3.40. The maximum absolute atomic E-state index is 12.1. The first-order valence-corrected chi connectivity index (χ1v) is 7.45. The first-order chi connectivity index (χ1) is 10.2. The zero-order valence-corrected chi connectivity index (χ0v) is 12.3. The third kappa shape index (κ3) is 2.75. The number of nitrogens with one attached hydrogen (secondary N) is 1. The number of carbonyl (C=O) groups is 1. The molecule has 2 aromatic carbocycles. The lowest BCUT2D eigenvalue weighted by Gasteiger charge is -2.19. The number of rotatable bonds is 2. The minimum Gasteiger partial charge on any atom is -0.497 e. The molecule has 0 unspecified atom stereocenters. The average Bonchev–Trinajstić information content (AvgIpc) is 2.65. The number of hydrogen-bond donors (Lipinski definition) is 2. The second kappa shape index (κ2) is 5.79. The van der Waals surface area contributed by atoms with Crippen molar-refractivity contribution in [1.29, 1.82) is 0 Å². The number of thioether (sulfide) groups is 1. The van der Waals surface area contributed by atoms with E-state index in [-0.39, 0.29) is 11.2 Å². The standard InChI is InChI=1S/C16H15NO3S/c1-20-11-8-6-10(7-9-11)15-14(18)16(19)17-12-4-2-3-5-13(12)21-15/h2-9,14-15,18H,1H3,(H,17,19)/t14-,15-/m1/s1. The molecule has 0 saturated carbocycles. The van der Waals surface area contributed by atoms with Crippen LogP contribution in [-0.2, 0) is 4.79 Å². The van der Waals surface area contributed by atoms with E-state index in [9.17, 15) is 9.90 Å². The molecule has 0 fully saturated rings. The number of anilines is 1. The number of benzene rings is 2. The van der Waals surface area contributed by atoms with Crippen LogP contribution >= 0.6 is 11.8 Å². The largest absolute Gasteiger partial charge is 0.497 e. The first kappa shape index (κ1) is 14.0. The molecule has 1 aliphatic rings. The van der Waals surface area contributed by atoms with Crippen molar-refractivity contribution in [2.24, 2.45) is 0 Å². The molecule has 0 aromatic heterocycles. The number of ether oxygens (including phenoxy) is 1. The van der Waals surface area contributed by atoms with Crippen molar-refractivity contribution in [3.63, 3.8) is 0 Å². The molecule has 2 atom stereocenters. The fourth-order valence-electron chi connectivity index (χ4n) is 2.26. The SMILES string of the molecule is COc1ccc([C@H]2Sc3ccccc3NC(=O)[C@@H]2O)cc1. The van der Waals surface area contributed by atoms with Crippen molar-refractivity contribution in [1.82, 2.24) is 0 Å². The van der Waals surface area contributed by atoms with Gasteiger partial charge in [-0.25, -0.2) is 0 Å². The summed E-state index contributed by atoms with van der Waals surface area (Å²) >= 11 is 1.48. The molecule has 0 radical (unpaired) electrons. The van der Waals surface area contributed by atoms with Gasteiger partial charge in [-0.1, -0.05) is 24.3 Å². The number of hydrogen-bond acceptors (Lipinski definition) is 4. The number of methoxy groups -OCH3 is 1. The predicted octanol–water partition coefficient (Wildman–Crippen LogP) is 2.84. The van der Waals surface area contributed by atoms with Crippen LogP contribution in [0.1, 0.15) is 10.8 Å². The number of aliphatic hydroxyl groups excluding tert-OH is 1. The maximum atomic E-state index is 12.1. The molecule has 1 amide bonds. The van der Waals surface area contributed by atoms with Gasteiger partial charge >= 0.3 is 0 Å². The van der Waals surface area contributed by atoms with E-state index in [0.717, 1.165) is 21.9 Å². The lowest BCUT2D eigenvalue weighted by molar-refractivity contribution is -0.124. The van der Waals surface area contributed by atoms with E-state index in [1.807, 2.05) is 48.5 Å². The van der Waals surface area contributed by atoms with Crippen molar-refractivity contribution < 1.29 is 14.6 Å².